The number of sulfonamides is 1. The van der Waals surface area contributed by atoms with E-state index in [0.29, 0.717) is 26.0 Å². The molecule has 1 atom stereocenters. The lowest BCUT2D eigenvalue weighted by Crippen LogP contribution is -2.56. The molecule has 11 nitrogen and oxygen atoms in total. The van der Waals surface area contributed by atoms with Gasteiger partial charge in [0.15, 0.2) is 0 Å². The van der Waals surface area contributed by atoms with E-state index in [1.807, 2.05) is 0 Å². The van der Waals surface area contributed by atoms with Crippen LogP contribution < -0.4 is 15.4 Å². The molecule has 4 rings (SSSR count). The number of hydrogen-bond acceptors (Lipinski definition) is 9. The highest BCUT2D eigenvalue weighted by molar-refractivity contribution is 7.94. The van der Waals surface area contributed by atoms with Crippen molar-refractivity contribution >= 4 is 31.6 Å². The molecule has 1 aromatic heterocycles. The van der Waals surface area contributed by atoms with E-state index in [-0.39, 0.29) is 30.6 Å². The number of ether oxygens (including phenoxy) is 1. The summed E-state index contributed by atoms with van der Waals surface area (Å²) in [6.45, 7) is 0.544. The zero-order valence-electron chi connectivity index (χ0n) is 21.8. The number of rotatable bonds is 11. The summed E-state index contributed by atoms with van der Waals surface area (Å²) in [5, 5.41) is 3.97. The first-order valence-electron chi connectivity index (χ1n) is 12.2. The fourth-order valence-electron chi connectivity index (χ4n) is 3.85. The highest BCUT2D eigenvalue weighted by atomic mass is 32.2. The summed E-state index contributed by atoms with van der Waals surface area (Å²) >= 11 is 0. The van der Waals surface area contributed by atoms with Crippen LogP contribution in [0.4, 0.5) is 19.0 Å². The Morgan fingerprint density at radius 3 is 2.27 bits per heavy atom. The smallest absolute Gasteiger partial charge is 0.304 e. The van der Waals surface area contributed by atoms with Crippen LogP contribution in [0.15, 0.2) is 41.6 Å². The average Bonchev–Trinajstić information content (AvgIpc) is 3.64. The third-order valence-electron chi connectivity index (χ3n) is 6.20. The van der Waals surface area contributed by atoms with E-state index in [9.17, 15) is 34.8 Å². The molecule has 1 saturated carbocycles. The van der Waals surface area contributed by atoms with Gasteiger partial charge in [-0.1, -0.05) is 18.2 Å². The van der Waals surface area contributed by atoms with Gasteiger partial charge in [0, 0.05) is 26.3 Å². The Labute approximate surface area is 229 Å². The van der Waals surface area contributed by atoms with Crippen LogP contribution in [-0.2, 0) is 25.8 Å². The minimum atomic E-state index is -4.17. The molecule has 1 amide bonds. The fourth-order valence-corrected chi connectivity index (χ4v) is 5.15. The molecule has 218 valence electrons. The van der Waals surface area contributed by atoms with Crippen molar-refractivity contribution in [1.29, 1.82) is 0 Å². The SMILES string of the molecule is CC(F)(F)c1nc(NC2CN(S(C)(=O)=O)C2)c(C(=O)N[C@@H](/C=C(\F)S(C)(=O)=O)C2CC2)c(Oc2ccccc2)n1. The van der Waals surface area contributed by atoms with Gasteiger partial charge >= 0.3 is 5.92 Å². The van der Waals surface area contributed by atoms with Gasteiger partial charge in [-0.15, -0.1) is 0 Å². The standard InChI is InChI=1S/C24H28F3N5O6S2/c1-24(26,27)23-30-20(28-15-12-32(13-15)40(3,36)37)19(22(31-23)38-16-7-5-4-6-8-16)21(33)29-17(14-9-10-14)11-18(25)39(2,34)35/h4-8,11,14-15,17H,9-10,12-13H2,1-3H3,(H,29,33)(H,28,30,31)/b18-11+/t17-/m0/s1. The summed E-state index contributed by atoms with van der Waals surface area (Å²) in [6, 6.07) is 6.31. The minimum Gasteiger partial charge on any atom is -0.438 e. The van der Waals surface area contributed by atoms with Gasteiger partial charge in [0.2, 0.25) is 36.7 Å². The number of halogens is 3. The topological polar surface area (TPSA) is 148 Å². The molecule has 2 aliphatic rings. The zero-order chi connectivity index (χ0) is 29.5. The molecule has 2 heterocycles. The van der Waals surface area contributed by atoms with E-state index >= 15 is 0 Å². The van der Waals surface area contributed by atoms with Crippen molar-refractivity contribution in [2.75, 3.05) is 30.9 Å². The second-order valence-corrected chi connectivity index (χ2v) is 13.8. The summed E-state index contributed by atoms with van der Waals surface area (Å²) in [7, 11) is -7.66. The normalized spacial score (nSPS) is 18.1. The highest BCUT2D eigenvalue weighted by Crippen LogP contribution is 2.37. The molecular formula is C24H28F3N5O6S2. The molecule has 0 unspecified atom stereocenters. The predicted octanol–water partition coefficient (Wildman–Crippen LogP) is 2.80. The van der Waals surface area contributed by atoms with Crippen LogP contribution in [0.1, 0.15) is 35.9 Å². The average molecular weight is 604 g/mol. The number of carbonyl (C=O) groups excluding carboxylic acids is 1. The van der Waals surface area contributed by atoms with E-state index < -0.39 is 66.2 Å². The van der Waals surface area contributed by atoms with Gasteiger partial charge in [0.05, 0.1) is 18.3 Å². The summed E-state index contributed by atoms with van der Waals surface area (Å²) in [6.07, 6.45) is 3.70. The fraction of sp³-hybridized carbons (Fsp3) is 0.458. The van der Waals surface area contributed by atoms with Crippen molar-refractivity contribution in [3.8, 4) is 11.6 Å². The van der Waals surface area contributed by atoms with Crippen LogP contribution in [0, 0.1) is 5.92 Å². The third-order valence-corrected chi connectivity index (χ3v) is 8.28. The molecule has 1 aromatic carbocycles. The molecule has 16 heteroatoms. The molecule has 0 bridgehead atoms. The Balaban J connectivity index is 1.76. The van der Waals surface area contributed by atoms with Crippen LogP contribution in [0.2, 0.25) is 0 Å². The second-order valence-electron chi connectivity index (χ2n) is 9.88. The summed E-state index contributed by atoms with van der Waals surface area (Å²) in [5.74, 6) is -6.40. The Morgan fingerprint density at radius 2 is 1.75 bits per heavy atom. The lowest BCUT2D eigenvalue weighted by molar-refractivity contribution is 0.00722. The number of para-hydroxylation sites is 1. The summed E-state index contributed by atoms with van der Waals surface area (Å²) < 4.78 is 96.9. The number of nitrogens with one attached hydrogen (secondary N) is 2. The van der Waals surface area contributed by atoms with Gasteiger partial charge in [-0.2, -0.15) is 22.5 Å². The first-order valence-corrected chi connectivity index (χ1v) is 15.9. The number of nitrogens with zero attached hydrogens (tertiary/aromatic N) is 3. The number of sulfone groups is 1. The maximum Gasteiger partial charge on any atom is 0.304 e. The Hall–Kier alpha value is -3.24. The van der Waals surface area contributed by atoms with Crippen LogP contribution in [0.5, 0.6) is 11.6 Å². The number of aromatic nitrogens is 2. The first-order chi connectivity index (χ1) is 18.5. The molecule has 2 aromatic rings. The van der Waals surface area contributed by atoms with E-state index in [1.54, 1.807) is 18.2 Å². The largest absolute Gasteiger partial charge is 0.438 e. The van der Waals surface area contributed by atoms with E-state index in [2.05, 4.69) is 20.6 Å². The Morgan fingerprint density at radius 1 is 1.12 bits per heavy atom. The maximum atomic E-state index is 14.4. The molecule has 1 aliphatic carbocycles. The van der Waals surface area contributed by atoms with Crippen molar-refractivity contribution in [3.05, 3.63) is 53.0 Å². The van der Waals surface area contributed by atoms with Gasteiger partial charge in [0.1, 0.15) is 17.1 Å². The van der Waals surface area contributed by atoms with Gasteiger partial charge in [-0.25, -0.2) is 21.8 Å². The number of benzene rings is 1. The van der Waals surface area contributed by atoms with Crippen molar-refractivity contribution in [2.45, 2.75) is 37.8 Å². The van der Waals surface area contributed by atoms with E-state index in [1.165, 1.54) is 12.1 Å². The molecule has 1 saturated heterocycles. The van der Waals surface area contributed by atoms with Gasteiger partial charge < -0.3 is 15.4 Å². The molecule has 1 aliphatic heterocycles. The van der Waals surface area contributed by atoms with Crippen molar-refractivity contribution in [3.63, 3.8) is 0 Å². The number of alkyl halides is 2. The van der Waals surface area contributed by atoms with Crippen molar-refractivity contribution in [2.24, 2.45) is 5.92 Å². The maximum absolute atomic E-state index is 14.4. The summed E-state index contributed by atoms with van der Waals surface area (Å²) in [5.41, 5.74) is -0.395. The first kappa shape index (κ1) is 29.7. The molecule has 0 radical (unpaired) electrons. The second kappa shape index (κ2) is 11.0. The highest BCUT2D eigenvalue weighted by Gasteiger charge is 2.39. The van der Waals surface area contributed by atoms with E-state index in [4.69, 9.17) is 4.74 Å². The zero-order valence-corrected chi connectivity index (χ0v) is 23.4. The van der Waals surface area contributed by atoms with Crippen molar-refractivity contribution < 1.29 is 39.5 Å². The Bertz CT molecular complexity index is 1520. The number of carbonyl (C=O) groups is 1. The Kier molecular flexibility index (Phi) is 8.15. The lowest BCUT2D eigenvalue weighted by atomic mass is 10.1. The third kappa shape index (κ3) is 7.28. The molecule has 2 N–H and O–H groups in total. The van der Waals surface area contributed by atoms with Crippen LogP contribution in [0.25, 0.3) is 0 Å². The van der Waals surface area contributed by atoms with Crippen molar-refractivity contribution in [1.82, 2.24) is 19.6 Å². The predicted molar refractivity (Wildman–Crippen MR) is 140 cm³/mol. The molecule has 0 spiro atoms. The van der Waals surface area contributed by atoms with Gasteiger partial charge in [-0.05, 0) is 37.0 Å². The van der Waals surface area contributed by atoms with Crippen LogP contribution in [-0.4, -0.2) is 74.7 Å². The number of amides is 1. The molecular weight excluding hydrogens is 575 g/mol. The lowest BCUT2D eigenvalue weighted by Gasteiger charge is -2.38. The molecule has 2 fully saturated rings. The summed E-state index contributed by atoms with van der Waals surface area (Å²) in [4.78, 5) is 21.3. The quantitative estimate of drug-likeness (QED) is 0.396. The van der Waals surface area contributed by atoms with Crippen LogP contribution in [0.3, 0.4) is 0 Å². The van der Waals surface area contributed by atoms with Gasteiger partial charge in [-0.3, -0.25) is 4.79 Å². The monoisotopic (exact) mass is 603 g/mol. The van der Waals surface area contributed by atoms with E-state index in [0.717, 1.165) is 16.6 Å². The molecule has 40 heavy (non-hydrogen) atoms. The van der Waals surface area contributed by atoms with Gasteiger partial charge in [0.25, 0.3) is 5.91 Å². The number of anilines is 1. The minimum absolute atomic E-state index is 0.0103. The van der Waals surface area contributed by atoms with Crippen LogP contribution >= 0.6 is 0 Å². The number of hydrogen-bond donors (Lipinski definition) is 2.